The average Bonchev–Trinajstić information content (AvgIpc) is 2.73. The third-order valence-electron chi connectivity index (χ3n) is 4.86. The number of aliphatic imine (C=N–C) groups is 1. The smallest absolute Gasteiger partial charge is 0.309 e. The molecule has 1 aromatic rings. The zero-order valence-electron chi connectivity index (χ0n) is 17.5. The molecule has 0 aliphatic carbocycles. The first-order chi connectivity index (χ1) is 13.6. The fraction of sp³-hybridized carbons (Fsp3) is 0.619. The minimum Gasteiger partial charge on any atom is -0.493 e. The summed E-state index contributed by atoms with van der Waals surface area (Å²) in [6, 6.07) is 5.95. The first-order valence-corrected chi connectivity index (χ1v) is 10.0. The lowest BCUT2D eigenvalue weighted by Gasteiger charge is -2.33. The van der Waals surface area contributed by atoms with Crippen molar-refractivity contribution >= 4 is 11.9 Å². The summed E-state index contributed by atoms with van der Waals surface area (Å²) in [5, 5.41) is 3.36. The second-order valence-electron chi connectivity index (χ2n) is 6.69. The summed E-state index contributed by atoms with van der Waals surface area (Å²) in [6.45, 7) is 7.47. The number of esters is 1. The molecular weight excluding hydrogens is 358 g/mol. The molecule has 0 bridgehead atoms. The minimum absolute atomic E-state index is 0.00541. The van der Waals surface area contributed by atoms with Gasteiger partial charge in [-0.25, -0.2) is 0 Å². The van der Waals surface area contributed by atoms with Crippen LogP contribution in [0.5, 0.6) is 11.5 Å². The first-order valence-electron chi connectivity index (χ1n) is 10.0. The molecule has 0 saturated carbocycles. The van der Waals surface area contributed by atoms with Crippen LogP contribution in [0, 0.1) is 5.92 Å². The second kappa shape index (κ2) is 11.4. The molecule has 1 aromatic carbocycles. The molecule has 0 unspecified atom stereocenters. The number of piperidine rings is 1. The number of hydrogen-bond donors (Lipinski definition) is 1. The SMILES string of the molecule is CCNC(=NCCc1ccc(OC)c(OC)c1)N1CCC(C(=O)OCC)CC1. The monoisotopic (exact) mass is 391 g/mol. The lowest BCUT2D eigenvalue weighted by Crippen LogP contribution is -2.46. The van der Waals surface area contributed by atoms with Crippen molar-refractivity contribution in [3.05, 3.63) is 23.8 Å². The number of guanidine groups is 1. The van der Waals surface area contributed by atoms with E-state index in [1.54, 1.807) is 14.2 Å². The number of hydrogen-bond acceptors (Lipinski definition) is 5. The lowest BCUT2D eigenvalue weighted by atomic mass is 9.97. The van der Waals surface area contributed by atoms with Crippen molar-refractivity contribution in [1.29, 1.82) is 0 Å². The number of methoxy groups -OCH3 is 2. The highest BCUT2D eigenvalue weighted by molar-refractivity contribution is 5.80. The second-order valence-corrected chi connectivity index (χ2v) is 6.69. The molecule has 1 saturated heterocycles. The summed E-state index contributed by atoms with van der Waals surface area (Å²) in [5.41, 5.74) is 1.15. The summed E-state index contributed by atoms with van der Waals surface area (Å²) in [4.78, 5) is 18.9. The summed E-state index contributed by atoms with van der Waals surface area (Å²) >= 11 is 0. The Morgan fingerprint density at radius 3 is 2.50 bits per heavy atom. The zero-order valence-corrected chi connectivity index (χ0v) is 17.5. The van der Waals surface area contributed by atoms with Gasteiger partial charge in [-0.15, -0.1) is 0 Å². The molecule has 2 rings (SSSR count). The first kappa shape index (κ1) is 21.9. The van der Waals surface area contributed by atoms with Crippen LogP contribution in [0.1, 0.15) is 32.3 Å². The van der Waals surface area contributed by atoms with E-state index >= 15 is 0 Å². The highest BCUT2D eigenvalue weighted by Crippen LogP contribution is 2.27. The molecule has 1 N–H and O–H groups in total. The van der Waals surface area contributed by atoms with Gasteiger partial charge in [0.25, 0.3) is 0 Å². The molecule has 0 amide bonds. The number of ether oxygens (including phenoxy) is 3. The van der Waals surface area contributed by atoms with Gasteiger partial charge in [0.2, 0.25) is 0 Å². The molecule has 1 heterocycles. The number of rotatable bonds is 8. The highest BCUT2D eigenvalue weighted by Gasteiger charge is 2.27. The van der Waals surface area contributed by atoms with E-state index in [0.29, 0.717) is 13.2 Å². The Hall–Kier alpha value is -2.44. The van der Waals surface area contributed by atoms with Crippen LogP contribution in [0.4, 0.5) is 0 Å². The van der Waals surface area contributed by atoms with Gasteiger partial charge < -0.3 is 24.4 Å². The van der Waals surface area contributed by atoms with E-state index in [9.17, 15) is 4.79 Å². The van der Waals surface area contributed by atoms with Crippen LogP contribution in [-0.4, -0.2) is 63.8 Å². The van der Waals surface area contributed by atoms with E-state index in [4.69, 9.17) is 19.2 Å². The molecule has 0 aromatic heterocycles. The quantitative estimate of drug-likeness (QED) is 0.417. The fourth-order valence-corrected chi connectivity index (χ4v) is 3.34. The molecule has 156 valence electrons. The molecular formula is C21H33N3O4. The van der Waals surface area contributed by atoms with E-state index < -0.39 is 0 Å². The molecule has 0 radical (unpaired) electrons. The van der Waals surface area contributed by atoms with Gasteiger partial charge in [-0.1, -0.05) is 6.07 Å². The van der Waals surface area contributed by atoms with Gasteiger partial charge in [-0.2, -0.15) is 0 Å². The van der Waals surface area contributed by atoms with Crippen molar-refractivity contribution in [2.45, 2.75) is 33.1 Å². The summed E-state index contributed by atoms with van der Waals surface area (Å²) in [6.07, 6.45) is 2.42. The number of carbonyl (C=O) groups excluding carboxylic acids is 1. The Kier molecular flexibility index (Phi) is 8.91. The van der Waals surface area contributed by atoms with Gasteiger partial charge in [-0.05, 0) is 50.8 Å². The van der Waals surface area contributed by atoms with Crippen molar-refractivity contribution < 1.29 is 19.0 Å². The van der Waals surface area contributed by atoms with Gasteiger partial charge in [0.15, 0.2) is 17.5 Å². The van der Waals surface area contributed by atoms with Gasteiger partial charge >= 0.3 is 5.97 Å². The third kappa shape index (κ3) is 6.04. The number of likely N-dealkylation sites (tertiary alicyclic amines) is 1. The van der Waals surface area contributed by atoms with Gasteiger partial charge in [-0.3, -0.25) is 9.79 Å². The van der Waals surface area contributed by atoms with Crippen LogP contribution in [0.15, 0.2) is 23.2 Å². The zero-order chi connectivity index (χ0) is 20.4. The summed E-state index contributed by atoms with van der Waals surface area (Å²) < 4.78 is 15.8. The fourth-order valence-electron chi connectivity index (χ4n) is 3.34. The maximum atomic E-state index is 11.9. The molecule has 1 fully saturated rings. The van der Waals surface area contributed by atoms with Crippen molar-refractivity contribution in [1.82, 2.24) is 10.2 Å². The Labute approximate surface area is 168 Å². The minimum atomic E-state index is -0.0717. The molecule has 0 spiro atoms. The molecule has 7 heteroatoms. The van der Waals surface area contributed by atoms with Gasteiger partial charge in [0, 0.05) is 26.2 Å². The van der Waals surface area contributed by atoms with Crippen LogP contribution in [-0.2, 0) is 16.0 Å². The predicted octanol–water partition coefficient (Wildman–Crippen LogP) is 2.49. The number of nitrogens with one attached hydrogen (secondary N) is 1. The number of benzene rings is 1. The lowest BCUT2D eigenvalue weighted by molar-refractivity contribution is -0.149. The van der Waals surface area contributed by atoms with E-state index in [-0.39, 0.29) is 11.9 Å². The Morgan fingerprint density at radius 2 is 1.89 bits per heavy atom. The van der Waals surface area contributed by atoms with Crippen LogP contribution in [0.25, 0.3) is 0 Å². The summed E-state index contributed by atoms with van der Waals surface area (Å²) in [7, 11) is 3.28. The Balaban J connectivity index is 1.93. The maximum absolute atomic E-state index is 11.9. The van der Waals surface area contributed by atoms with E-state index in [1.165, 1.54) is 0 Å². The maximum Gasteiger partial charge on any atom is 0.309 e. The molecule has 0 atom stereocenters. The predicted molar refractivity (Wildman–Crippen MR) is 110 cm³/mol. The number of carbonyl (C=O) groups is 1. The van der Waals surface area contributed by atoms with Crippen molar-refractivity contribution in [3.8, 4) is 11.5 Å². The topological polar surface area (TPSA) is 72.4 Å². The largest absolute Gasteiger partial charge is 0.493 e. The summed E-state index contributed by atoms with van der Waals surface area (Å²) in [5.74, 6) is 2.30. The van der Waals surface area contributed by atoms with Crippen molar-refractivity contribution in [3.63, 3.8) is 0 Å². The van der Waals surface area contributed by atoms with Crippen LogP contribution in [0.3, 0.4) is 0 Å². The third-order valence-corrected chi connectivity index (χ3v) is 4.86. The van der Waals surface area contributed by atoms with E-state index in [1.807, 2.05) is 25.1 Å². The van der Waals surface area contributed by atoms with Crippen LogP contribution in [0.2, 0.25) is 0 Å². The molecule has 7 nitrogen and oxygen atoms in total. The molecule has 28 heavy (non-hydrogen) atoms. The normalized spacial score (nSPS) is 15.3. The number of nitrogens with zero attached hydrogens (tertiary/aromatic N) is 2. The Bertz CT molecular complexity index is 655. The molecule has 1 aliphatic rings. The highest BCUT2D eigenvalue weighted by atomic mass is 16.5. The van der Waals surface area contributed by atoms with Crippen LogP contribution >= 0.6 is 0 Å². The van der Waals surface area contributed by atoms with Gasteiger partial charge in [0.05, 0.1) is 26.7 Å². The van der Waals surface area contributed by atoms with Crippen molar-refractivity contribution in [2.75, 3.05) is 47.0 Å². The van der Waals surface area contributed by atoms with Gasteiger partial charge in [0.1, 0.15) is 0 Å². The average molecular weight is 392 g/mol. The van der Waals surface area contributed by atoms with Crippen molar-refractivity contribution in [2.24, 2.45) is 10.9 Å². The standard InChI is InChI=1S/C21H33N3O4/c1-5-22-21(24-13-10-17(11-14-24)20(25)28-6-2)23-12-9-16-7-8-18(26-3)19(15-16)27-4/h7-8,15,17H,5-6,9-14H2,1-4H3,(H,22,23). The van der Waals surface area contributed by atoms with E-state index in [0.717, 1.165) is 61.9 Å². The van der Waals surface area contributed by atoms with Crippen LogP contribution < -0.4 is 14.8 Å². The van der Waals surface area contributed by atoms with E-state index in [2.05, 4.69) is 17.1 Å². The molecule has 1 aliphatic heterocycles. The Morgan fingerprint density at radius 1 is 1.18 bits per heavy atom.